The molecule has 8 heteroatoms. The van der Waals surface area contributed by atoms with E-state index in [1.807, 2.05) is 69.3 Å². The lowest BCUT2D eigenvalue weighted by atomic mass is 10.1. The third-order valence-corrected chi connectivity index (χ3v) is 4.90. The third-order valence-electron chi connectivity index (χ3n) is 4.90. The van der Waals surface area contributed by atoms with Crippen molar-refractivity contribution in [1.82, 2.24) is 16.0 Å². The molecule has 0 bridgehead atoms. The summed E-state index contributed by atoms with van der Waals surface area (Å²) in [7, 11) is 1.70. The van der Waals surface area contributed by atoms with Crippen LogP contribution in [0.25, 0.3) is 0 Å². The molecular formula is C24H32IN5O2. The molecule has 3 N–H and O–H groups in total. The molecule has 1 heterocycles. The first-order chi connectivity index (χ1) is 14.7. The van der Waals surface area contributed by atoms with Gasteiger partial charge in [-0.15, -0.1) is 24.0 Å². The number of hydrogen-bond donors (Lipinski definition) is 3. The Morgan fingerprint density at radius 1 is 1.12 bits per heavy atom. The summed E-state index contributed by atoms with van der Waals surface area (Å²) in [4.78, 5) is 30.9. The predicted molar refractivity (Wildman–Crippen MR) is 140 cm³/mol. The molecule has 2 aromatic carbocycles. The van der Waals surface area contributed by atoms with E-state index in [4.69, 9.17) is 0 Å². The van der Waals surface area contributed by atoms with Crippen molar-refractivity contribution >= 4 is 47.4 Å². The molecule has 1 aliphatic rings. The fraction of sp³-hybridized carbons (Fsp3) is 0.375. The molecule has 0 aliphatic carbocycles. The van der Waals surface area contributed by atoms with Crippen molar-refractivity contribution in [2.45, 2.75) is 45.3 Å². The standard InChI is InChI=1S/C24H31N5O2.HI/c1-24(2,3)28-22(31)18-10-8-9-17(13-18)15-26-23(25-4)27-19-14-21(30)29(16-19)20-11-6-5-7-12-20;/h5-13,19H,14-16H2,1-4H3,(H,28,31)(H2,25,26,27);1H. The molecule has 32 heavy (non-hydrogen) atoms. The molecule has 1 unspecified atom stereocenters. The number of nitrogens with one attached hydrogen (secondary N) is 3. The van der Waals surface area contributed by atoms with Crippen LogP contribution in [0.4, 0.5) is 5.69 Å². The number of benzene rings is 2. The number of amides is 2. The second-order valence-corrected chi connectivity index (χ2v) is 8.72. The highest BCUT2D eigenvalue weighted by Crippen LogP contribution is 2.21. The van der Waals surface area contributed by atoms with Gasteiger partial charge in [0.05, 0.1) is 6.04 Å². The van der Waals surface area contributed by atoms with Gasteiger partial charge < -0.3 is 20.9 Å². The average Bonchev–Trinajstić information content (AvgIpc) is 3.10. The number of nitrogens with zero attached hydrogens (tertiary/aromatic N) is 2. The van der Waals surface area contributed by atoms with Crippen molar-refractivity contribution in [2.75, 3.05) is 18.5 Å². The Hall–Kier alpha value is -2.62. The van der Waals surface area contributed by atoms with Gasteiger partial charge in [-0.2, -0.15) is 0 Å². The van der Waals surface area contributed by atoms with Crippen LogP contribution in [0.3, 0.4) is 0 Å². The molecule has 0 spiro atoms. The molecule has 1 fully saturated rings. The lowest BCUT2D eigenvalue weighted by molar-refractivity contribution is -0.117. The monoisotopic (exact) mass is 549 g/mol. The molecule has 0 saturated carbocycles. The highest BCUT2D eigenvalue weighted by Gasteiger charge is 2.31. The van der Waals surface area contributed by atoms with E-state index in [1.54, 1.807) is 18.0 Å². The molecule has 2 aromatic rings. The van der Waals surface area contributed by atoms with Crippen LogP contribution in [0.1, 0.15) is 43.1 Å². The van der Waals surface area contributed by atoms with E-state index in [2.05, 4.69) is 20.9 Å². The smallest absolute Gasteiger partial charge is 0.251 e. The molecule has 2 amide bonds. The van der Waals surface area contributed by atoms with Crippen LogP contribution in [0.2, 0.25) is 0 Å². The number of rotatable bonds is 5. The number of anilines is 1. The molecule has 172 valence electrons. The van der Waals surface area contributed by atoms with Crippen LogP contribution < -0.4 is 20.9 Å². The minimum Gasteiger partial charge on any atom is -0.352 e. The molecular weight excluding hydrogens is 517 g/mol. The zero-order chi connectivity index (χ0) is 22.4. The van der Waals surface area contributed by atoms with Crippen LogP contribution in [0, 0.1) is 0 Å². The van der Waals surface area contributed by atoms with Crippen LogP contribution in [0.15, 0.2) is 59.6 Å². The zero-order valence-electron chi connectivity index (χ0n) is 19.0. The maximum absolute atomic E-state index is 12.4. The van der Waals surface area contributed by atoms with E-state index >= 15 is 0 Å². The maximum atomic E-state index is 12.4. The summed E-state index contributed by atoms with van der Waals surface area (Å²) in [5.74, 6) is 0.622. The second kappa shape index (κ2) is 11.3. The normalized spacial score (nSPS) is 16.4. The fourth-order valence-corrected chi connectivity index (χ4v) is 3.47. The summed E-state index contributed by atoms with van der Waals surface area (Å²) in [6, 6.07) is 17.2. The average molecular weight is 549 g/mol. The quantitative estimate of drug-likeness (QED) is 0.304. The van der Waals surface area contributed by atoms with Gasteiger partial charge in [-0.25, -0.2) is 0 Å². The van der Waals surface area contributed by atoms with Crippen LogP contribution >= 0.6 is 24.0 Å². The summed E-state index contributed by atoms with van der Waals surface area (Å²) in [6.07, 6.45) is 0.415. The number of carbonyl (C=O) groups is 2. The Morgan fingerprint density at radius 3 is 2.50 bits per heavy atom. The first-order valence-corrected chi connectivity index (χ1v) is 10.5. The van der Waals surface area contributed by atoms with E-state index in [0.29, 0.717) is 31.0 Å². The highest BCUT2D eigenvalue weighted by atomic mass is 127. The summed E-state index contributed by atoms with van der Waals surface area (Å²) >= 11 is 0. The SMILES string of the molecule is CN=C(NCc1cccc(C(=O)NC(C)(C)C)c1)NC1CC(=O)N(c2ccccc2)C1.I. The van der Waals surface area contributed by atoms with Crippen molar-refractivity contribution in [3.63, 3.8) is 0 Å². The Morgan fingerprint density at radius 2 is 1.84 bits per heavy atom. The topological polar surface area (TPSA) is 85.8 Å². The van der Waals surface area contributed by atoms with Gasteiger partial charge in [0.1, 0.15) is 0 Å². The van der Waals surface area contributed by atoms with E-state index in [-0.39, 0.29) is 47.4 Å². The first kappa shape index (κ1) is 25.6. The van der Waals surface area contributed by atoms with Crippen molar-refractivity contribution in [3.8, 4) is 0 Å². The van der Waals surface area contributed by atoms with E-state index in [1.165, 1.54) is 0 Å². The molecule has 0 radical (unpaired) electrons. The van der Waals surface area contributed by atoms with Gasteiger partial charge in [-0.1, -0.05) is 30.3 Å². The molecule has 1 atom stereocenters. The number of para-hydroxylation sites is 1. The molecule has 1 aliphatic heterocycles. The third kappa shape index (κ3) is 7.22. The van der Waals surface area contributed by atoms with Crippen LogP contribution in [-0.4, -0.2) is 42.9 Å². The largest absolute Gasteiger partial charge is 0.352 e. The number of halogens is 1. The van der Waals surface area contributed by atoms with E-state index in [9.17, 15) is 9.59 Å². The van der Waals surface area contributed by atoms with Crippen LogP contribution in [0.5, 0.6) is 0 Å². The van der Waals surface area contributed by atoms with Crippen molar-refractivity contribution in [1.29, 1.82) is 0 Å². The summed E-state index contributed by atoms with van der Waals surface area (Å²) in [5.41, 5.74) is 2.21. The van der Waals surface area contributed by atoms with Crippen LogP contribution in [-0.2, 0) is 11.3 Å². The second-order valence-electron chi connectivity index (χ2n) is 8.72. The van der Waals surface area contributed by atoms with Gasteiger partial charge in [0.25, 0.3) is 5.91 Å². The fourth-order valence-electron chi connectivity index (χ4n) is 3.47. The number of aliphatic imine (C=N–C) groups is 1. The van der Waals surface area contributed by atoms with Gasteiger partial charge in [-0.05, 0) is 50.6 Å². The molecule has 1 saturated heterocycles. The maximum Gasteiger partial charge on any atom is 0.251 e. The first-order valence-electron chi connectivity index (χ1n) is 10.5. The zero-order valence-corrected chi connectivity index (χ0v) is 21.3. The molecule has 0 aromatic heterocycles. The number of hydrogen-bond acceptors (Lipinski definition) is 3. The number of carbonyl (C=O) groups excluding carboxylic acids is 2. The summed E-state index contributed by atoms with van der Waals surface area (Å²) in [5, 5.41) is 9.58. The Balaban J connectivity index is 0.00000363. The van der Waals surface area contributed by atoms with Gasteiger partial charge in [0.15, 0.2) is 5.96 Å². The molecule has 3 rings (SSSR count). The van der Waals surface area contributed by atoms with E-state index < -0.39 is 0 Å². The van der Waals surface area contributed by atoms with Gasteiger partial charge in [-0.3, -0.25) is 14.6 Å². The van der Waals surface area contributed by atoms with E-state index in [0.717, 1.165) is 11.3 Å². The molecule has 7 nitrogen and oxygen atoms in total. The Labute approximate surface area is 207 Å². The highest BCUT2D eigenvalue weighted by molar-refractivity contribution is 14.0. The van der Waals surface area contributed by atoms with Gasteiger partial charge in [0, 0.05) is 43.3 Å². The van der Waals surface area contributed by atoms with Crippen molar-refractivity contribution in [2.24, 2.45) is 4.99 Å². The lowest BCUT2D eigenvalue weighted by Crippen LogP contribution is -2.44. The number of guanidine groups is 1. The minimum atomic E-state index is -0.288. The van der Waals surface area contributed by atoms with Crippen molar-refractivity contribution < 1.29 is 9.59 Å². The lowest BCUT2D eigenvalue weighted by Gasteiger charge is -2.21. The Bertz CT molecular complexity index is 956. The summed E-state index contributed by atoms with van der Waals surface area (Å²) in [6.45, 7) is 6.97. The minimum absolute atomic E-state index is 0. The van der Waals surface area contributed by atoms with Gasteiger partial charge >= 0.3 is 0 Å². The van der Waals surface area contributed by atoms with Gasteiger partial charge in [0.2, 0.25) is 5.91 Å². The Kier molecular flexibility index (Phi) is 9.06. The summed E-state index contributed by atoms with van der Waals surface area (Å²) < 4.78 is 0. The predicted octanol–water partition coefficient (Wildman–Crippen LogP) is 3.30. The van der Waals surface area contributed by atoms with Crippen molar-refractivity contribution in [3.05, 3.63) is 65.7 Å².